The number of aliphatic hydroxyl groups is 1. The highest BCUT2D eigenvalue weighted by molar-refractivity contribution is 7.16. The standard InChI is InChI=1S/C10H13ClOS/c11-9-5-4-8(13-9)10(12)6-2-1-3-7-10/h4-5,12H,1-3,6-7H2. The summed E-state index contributed by atoms with van der Waals surface area (Å²) in [4.78, 5) is 1.04. The Labute approximate surface area is 87.4 Å². The van der Waals surface area contributed by atoms with Crippen molar-refractivity contribution < 1.29 is 5.11 Å². The summed E-state index contributed by atoms with van der Waals surface area (Å²) < 4.78 is 0.772. The van der Waals surface area contributed by atoms with E-state index in [0.29, 0.717) is 0 Å². The van der Waals surface area contributed by atoms with E-state index in [1.807, 2.05) is 12.1 Å². The maximum atomic E-state index is 10.3. The molecule has 0 spiro atoms. The Morgan fingerprint density at radius 2 is 1.92 bits per heavy atom. The van der Waals surface area contributed by atoms with Crippen molar-refractivity contribution in [3.05, 3.63) is 21.3 Å². The summed E-state index contributed by atoms with van der Waals surface area (Å²) in [5, 5.41) is 10.3. The van der Waals surface area contributed by atoms with Gasteiger partial charge in [0.15, 0.2) is 0 Å². The van der Waals surface area contributed by atoms with Crippen LogP contribution >= 0.6 is 22.9 Å². The average molecular weight is 217 g/mol. The largest absolute Gasteiger partial charge is 0.384 e. The molecule has 3 heteroatoms. The van der Waals surface area contributed by atoms with Gasteiger partial charge in [0.05, 0.1) is 9.94 Å². The van der Waals surface area contributed by atoms with E-state index < -0.39 is 5.60 Å². The maximum absolute atomic E-state index is 10.3. The molecule has 2 rings (SSSR count). The number of halogens is 1. The van der Waals surface area contributed by atoms with Crippen LogP contribution in [-0.4, -0.2) is 5.11 Å². The summed E-state index contributed by atoms with van der Waals surface area (Å²) in [6.45, 7) is 0. The van der Waals surface area contributed by atoms with E-state index in [1.165, 1.54) is 17.8 Å². The molecule has 0 saturated heterocycles. The number of hydrogen-bond acceptors (Lipinski definition) is 2. The zero-order valence-electron chi connectivity index (χ0n) is 7.42. The minimum atomic E-state index is -0.573. The van der Waals surface area contributed by atoms with Gasteiger partial charge < -0.3 is 5.11 Å². The monoisotopic (exact) mass is 216 g/mol. The smallest absolute Gasteiger partial charge is 0.0988 e. The molecule has 0 aromatic carbocycles. The molecule has 0 bridgehead atoms. The quantitative estimate of drug-likeness (QED) is 0.761. The second-order valence-electron chi connectivity index (χ2n) is 3.70. The molecule has 1 heterocycles. The van der Waals surface area contributed by atoms with Gasteiger partial charge in [-0.1, -0.05) is 30.9 Å². The lowest BCUT2D eigenvalue weighted by Crippen LogP contribution is -2.27. The molecule has 1 aromatic rings. The third-order valence-electron chi connectivity index (χ3n) is 2.71. The molecule has 0 radical (unpaired) electrons. The normalized spacial score (nSPS) is 21.7. The van der Waals surface area contributed by atoms with Gasteiger partial charge in [0, 0.05) is 4.88 Å². The van der Waals surface area contributed by atoms with Crippen molar-refractivity contribution >= 4 is 22.9 Å². The molecule has 1 aliphatic rings. The van der Waals surface area contributed by atoms with Crippen LogP contribution in [0.4, 0.5) is 0 Å². The predicted octanol–water partition coefficient (Wildman–Crippen LogP) is 3.55. The van der Waals surface area contributed by atoms with Gasteiger partial charge in [-0.3, -0.25) is 0 Å². The van der Waals surface area contributed by atoms with Crippen LogP contribution in [0.2, 0.25) is 4.34 Å². The molecule has 0 atom stereocenters. The van der Waals surface area contributed by atoms with Crippen molar-refractivity contribution in [2.24, 2.45) is 0 Å². The molecule has 1 nitrogen and oxygen atoms in total. The minimum Gasteiger partial charge on any atom is -0.384 e. The summed E-state index contributed by atoms with van der Waals surface area (Å²) in [5.41, 5.74) is -0.573. The molecule has 1 saturated carbocycles. The summed E-state index contributed by atoms with van der Waals surface area (Å²) in [7, 11) is 0. The minimum absolute atomic E-state index is 0.573. The summed E-state index contributed by atoms with van der Waals surface area (Å²) in [6.07, 6.45) is 5.30. The second-order valence-corrected chi connectivity index (χ2v) is 5.41. The van der Waals surface area contributed by atoms with E-state index in [-0.39, 0.29) is 0 Å². The Morgan fingerprint density at radius 3 is 2.46 bits per heavy atom. The van der Waals surface area contributed by atoms with E-state index in [4.69, 9.17) is 11.6 Å². The highest BCUT2D eigenvalue weighted by Crippen LogP contribution is 2.40. The Bertz CT molecular complexity index is 289. The highest BCUT2D eigenvalue weighted by Gasteiger charge is 2.32. The summed E-state index contributed by atoms with van der Waals surface area (Å²) in [5.74, 6) is 0. The first-order valence-electron chi connectivity index (χ1n) is 4.69. The van der Waals surface area contributed by atoms with Crippen molar-refractivity contribution in [2.45, 2.75) is 37.7 Å². The van der Waals surface area contributed by atoms with Gasteiger partial charge >= 0.3 is 0 Å². The highest BCUT2D eigenvalue weighted by atomic mass is 35.5. The Balaban J connectivity index is 2.22. The molecular weight excluding hydrogens is 204 g/mol. The first-order chi connectivity index (χ1) is 6.21. The van der Waals surface area contributed by atoms with Crippen LogP contribution in [0.15, 0.2) is 12.1 Å². The van der Waals surface area contributed by atoms with Crippen LogP contribution in [0, 0.1) is 0 Å². The van der Waals surface area contributed by atoms with Gasteiger partial charge in [-0.15, -0.1) is 11.3 Å². The molecule has 0 amide bonds. The topological polar surface area (TPSA) is 20.2 Å². The Morgan fingerprint density at radius 1 is 1.23 bits per heavy atom. The van der Waals surface area contributed by atoms with Crippen molar-refractivity contribution in [1.29, 1.82) is 0 Å². The lowest BCUT2D eigenvalue weighted by atomic mass is 9.84. The molecule has 1 aliphatic carbocycles. The summed E-state index contributed by atoms with van der Waals surface area (Å²) in [6, 6.07) is 3.83. The Hall–Kier alpha value is -0.0500. The molecule has 0 aliphatic heterocycles. The van der Waals surface area contributed by atoms with E-state index in [1.54, 1.807) is 0 Å². The van der Waals surface area contributed by atoms with Crippen LogP contribution < -0.4 is 0 Å². The number of thiophene rings is 1. The molecule has 1 fully saturated rings. The van der Waals surface area contributed by atoms with Gasteiger partial charge in [0.25, 0.3) is 0 Å². The van der Waals surface area contributed by atoms with E-state index in [0.717, 1.165) is 34.9 Å². The SMILES string of the molecule is OC1(c2ccc(Cl)s2)CCCCC1. The van der Waals surface area contributed by atoms with E-state index in [2.05, 4.69) is 0 Å². The molecule has 1 aromatic heterocycles. The lowest BCUT2D eigenvalue weighted by molar-refractivity contribution is 0.00283. The van der Waals surface area contributed by atoms with Gasteiger partial charge in [-0.2, -0.15) is 0 Å². The fourth-order valence-corrected chi connectivity index (χ4v) is 3.14. The van der Waals surface area contributed by atoms with Crippen molar-refractivity contribution in [3.63, 3.8) is 0 Å². The van der Waals surface area contributed by atoms with Gasteiger partial charge in [-0.25, -0.2) is 0 Å². The zero-order chi connectivity index (χ0) is 9.31. The third-order valence-corrected chi connectivity index (χ3v) is 4.14. The van der Waals surface area contributed by atoms with Crippen LogP contribution in [0.3, 0.4) is 0 Å². The fourth-order valence-electron chi connectivity index (χ4n) is 1.95. The number of hydrogen-bond donors (Lipinski definition) is 1. The van der Waals surface area contributed by atoms with Crippen LogP contribution in [-0.2, 0) is 5.60 Å². The van der Waals surface area contributed by atoms with Crippen molar-refractivity contribution in [1.82, 2.24) is 0 Å². The first-order valence-corrected chi connectivity index (χ1v) is 5.88. The molecule has 72 valence electrons. The zero-order valence-corrected chi connectivity index (χ0v) is 9.00. The maximum Gasteiger partial charge on any atom is 0.0988 e. The first kappa shape index (κ1) is 9.50. The lowest BCUT2D eigenvalue weighted by Gasteiger charge is -2.30. The van der Waals surface area contributed by atoms with Gasteiger partial charge in [0.2, 0.25) is 0 Å². The fraction of sp³-hybridized carbons (Fsp3) is 0.600. The van der Waals surface area contributed by atoms with E-state index in [9.17, 15) is 5.11 Å². The molecule has 13 heavy (non-hydrogen) atoms. The Kier molecular flexibility index (Phi) is 2.63. The summed E-state index contributed by atoms with van der Waals surface area (Å²) >= 11 is 7.36. The average Bonchev–Trinajstić information content (AvgIpc) is 2.54. The van der Waals surface area contributed by atoms with Crippen molar-refractivity contribution in [3.8, 4) is 0 Å². The van der Waals surface area contributed by atoms with Gasteiger partial charge in [0.1, 0.15) is 0 Å². The third kappa shape index (κ3) is 1.90. The van der Waals surface area contributed by atoms with Crippen LogP contribution in [0.5, 0.6) is 0 Å². The van der Waals surface area contributed by atoms with Crippen LogP contribution in [0.25, 0.3) is 0 Å². The van der Waals surface area contributed by atoms with Crippen LogP contribution in [0.1, 0.15) is 37.0 Å². The van der Waals surface area contributed by atoms with E-state index >= 15 is 0 Å². The second kappa shape index (κ2) is 3.60. The predicted molar refractivity (Wildman–Crippen MR) is 56.3 cm³/mol. The number of rotatable bonds is 1. The molecule has 1 N–H and O–H groups in total. The molecular formula is C10H13ClOS. The van der Waals surface area contributed by atoms with Gasteiger partial charge in [-0.05, 0) is 25.0 Å². The molecule has 0 unspecified atom stereocenters. The van der Waals surface area contributed by atoms with Crippen molar-refractivity contribution in [2.75, 3.05) is 0 Å².